The molecule has 20 heavy (non-hydrogen) atoms. The number of para-hydroxylation sites is 2. The van der Waals surface area contributed by atoms with Crippen LogP contribution in [0.25, 0.3) is 0 Å². The minimum Gasteiger partial charge on any atom is -0.491 e. The van der Waals surface area contributed by atoms with E-state index in [1.807, 2.05) is 29.2 Å². The van der Waals surface area contributed by atoms with Crippen molar-refractivity contribution in [2.75, 3.05) is 24.6 Å². The number of carbonyl (C=O) groups excluding carboxylic acids is 1. The van der Waals surface area contributed by atoms with Crippen molar-refractivity contribution in [3.05, 3.63) is 24.3 Å². The number of hydrogen-bond donors (Lipinski definition) is 1. The van der Waals surface area contributed by atoms with Crippen LogP contribution in [0.4, 0.5) is 5.69 Å². The maximum Gasteiger partial charge on any atom is 0.230 e. The SMILES string of the molecule is CCCNC(CC)CN1C(=O)CCOc2ccccc21. The number of benzene rings is 1. The van der Waals surface area contributed by atoms with Crippen LogP contribution in [-0.2, 0) is 4.79 Å². The van der Waals surface area contributed by atoms with Gasteiger partial charge in [0.05, 0.1) is 18.7 Å². The molecule has 1 aromatic carbocycles. The minimum atomic E-state index is 0.145. The summed E-state index contributed by atoms with van der Waals surface area (Å²) in [7, 11) is 0. The Kier molecular flexibility index (Phi) is 5.41. The van der Waals surface area contributed by atoms with Crippen LogP contribution in [0.15, 0.2) is 24.3 Å². The fourth-order valence-corrected chi connectivity index (χ4v) is 2.43. The van der Waals surface area contributed by atoms with Gasteiger partial charge in [-0.15, -0.1) is 0 Å². The molecule has 4 heteroatoms. The van der Waals surface area contributed by atoms with E-state index in [9.17, 15) is 4.79 Å². The number of nitrogens with one attached hydrogen (secondary N) is 1. The molecule has 2 rings (SSSR count). The zero-order valence-electron chi connectivity index (χ0n) is 12.4. The average molecular weight is 276 g/mol. The molecule has 0 aliphatic carbocycles. The normalized spacial score (nSPS) is 16.3. The van der Waals surface area contributed by atoms with E-state index in [1.165, 1.54) is 0 Å². The van der Waals surface area contributed by atoms with Gasteiger partial charge < -0.3 is 15.0 Å². The van der Waals surface area contributed by atoms with E-state index in [0.717, 1.165) is 30.8 Å². The van der Waals surface area contributed by atoms with Gasteiger partial charge >= 0.3 is 0 Å². The highest BCUT2D eigenvalue weighted by Gasteiger charge is 2.24. The molecule has 1 aliphatic rings. The maximum atomic E-state index is 12.3. The van der Waals surface area contributed by atoms with Crippen molar-refractivity contribution in [3.8, 4) is 5.75 Å². The summed E-state index contributed by atoms with van der Waals surface area (Å²) < 4.78 is 5.66. The summed E-state index contributed by atoms with van der Waals surface area (Å²) in [4.78, 5) is 14.2. The molecule has 1 amide bonds. The van der Waals surface area contributed by atoms with Gasteiger partial charge in [0.2, 0.25) is 5.91 Å². The van der Waals surface area contributed by atoms with E-state index < -0.39 is 0 Å². The standard InChI is InChI=1S/C16H24N2O2/c1-3-10-17-13(4-2)12-18-14-7-5-6-8-15(14)20-11-9-16(18)19/h5-8,13,17H,3-4,9-12H2,1-2H3. The second-order valence-electron chi connectivity index (χ2n) is 5.13. The van der Waals surface area contributed by atoms with E-state index >= 15 is 0 Å². The first-order chi connectivity index (χ1) is 9.76. The zero-order chi connectivity index (χ0) is 14.4. The number of ether oxygens (including phenoxy) is 1. The van der Waals surface area contributed by atoms with Gasteiger partial charge in [0.1, 0.15) is 5.75 Å². The summed E-state index contributed by atoms with van der Waals surface area (Å²) in [5.74, 6) is 0.954. The van der Waals surface area contributed by atoms with Gasteiger partial charge in [0.25, 0.3) is 0 Å². The lowest BCUT2D eigenvalue weighted by molar-refractivity contribution is -0.118. The summed E-state index contributed by atoms with van der Waals surface area (Å²) in [5, 5.41) is 3.50. The fraction of sp³-hybridized carbons (Fsp3) is 0.562. The topological polar surface area (TPSA) is 41.6 Å². The van der Waals surface area contributed by atoms with Gasteiger partial charge in [-0.2, -0.15) is 0 Å². The van der Waals surface area contributed by atoms with Gasteiger partial charge in [0, 0.05) is 12.6 Å². The van der Waals surface area contributed by atoms with Gasteiger partial charge in [-0.05, 0) is 31.5 Å². The Hall–Kier alpha value is -1.55. The highest BCUT2D eigenvalue weighted by Crippen LogP contribution is 2.31. The molecule has 1 atom stereocenters. The van der Waals surface area contributed by atoms with Crippen LogP contribution in [0.1, 0.15) is 33.1 Å². The van der Waals surface area contributed by atoms with Crippen LogP contribution in [0.2, 0.25) is 0 Å². The van der Waals surface area contributed by atoms with Gasteiger partial charge in [0.15, 0.2) is 0 Å². The number of carbonyl (C=O) groups is 1. The Labute approximate surface area is 121 Å². The molecular formula is C16H24N2O2. The van der Waals surface area contributed by atoms with E-state index in [4.69, 9.17) is 4.74 Å². The molecule has 0 saturated heterocycles. The Bertz CT molecular complexity index is 448. The molecule has 0 fully saturated rings. The summed E-state index contributed by atoms with van der Waals surface area (Å²) >= 11 is 0. The highest BCUT2D eigenvalue weighted by atomic mass is 16.5. The van der Waals surface area contributed by atoms with E-state index in [-0.39, 0.29) is 5.91 Å². The van der Waals surface area contributed by atoms with Crippen molar-refractivity contribution in [2.24, 2.45) is 0 Å². The predicted molar refractivity (Wildman–Crippen MR) is 81.3 cm³/mol. The van der Waals surface area contributed by atoms with Gasteiger partial charge in [-0.1, -0.05) is 26.0 Å². The Balaban J connectivity index is 2.17. The molecule has 0 radical (unpaired) electrons. The zero-order valence-corrected chi connectivity index (χ0v) is 12.4. The van der Waals surface area contributed by atoms with Crippen molar-refractivity contribution in [3.63, 3.8) is 0 Å². The number of nitrogens with zero attached hydrogens (tertiary/aromatic N) is 1. The number of rotatable bonds is 6. The molecule has 1 N–H and O–H groups in total. The van der Waals surface area contributed by atoms with Crippen molar-refractivity contribution in [1.82, 2.24) is 5.32 Å². The lowest BCUT2D eigenvalue weighted by atomic mass is 10.1. The predicted octanol–water partition coefficient (Wildman–Crippen LogP) is 2.58. The Morgan fingerprint density at radius 2 is 2.15 bits per heavy atom. The molecule has 0 spiro atoms. The first-order valence-electron chi connectivity index (χ1n) is 7.51. The molecule has 0 bridgehead atoms. The van der Waals surface area contributed by atoms with Crippen molar-refractivity contribution >= 4 is 11.6 Å². The second kappa shape index (κ2) is 7.29. The quantitative estimate of drug-likeness (QED) is 0.868. The lowest BCUT2D eigenvalue weighted by Crippen LogP contribution is -2.43. The number of anilines is 1. The molecule has 4 nitrogen and oxygen atoms in total. The minimum absolute atomic E-state index is 0.145. The maximum absolute atomic E-state index is 12.3. The second-order valence-corrected chi connectivity index (χ2v) is 5.13. The van der Waals surface area contributed by atoms with Crippen LogP contribution in [0.3, 0.4) is 0 Å². The summed E-state index contributed by atoms with van der Waals surface area (Å²) in [5.41, 5.74) is 0.895. The monoisotopic (exact) mass is 276 g/mol. The van der Waals surface area contributed by atoms with Crippen LogP contribution in [0.5, 0.6) is 5.75 Å². The largest absolute Gasteiger partial charge is 0.491 e. The number of fused-ring (bicyclic) bond motifs is 1. The van der Waals surface area contributed by atoms with E-state index in [0.29, 0.717) is 25.6 Å². The lowest BCUT2D eigenvalue weighted by Gasteiger charge is -2.27. The molecular weight excluding hydrogens is 252 g/mol. The smallest absolute Gasteiger partial charge is 0.230 e. The third kappa shape index (κ3) is 3.51. The average Bonchev–Trinajstić information content (AvgIpc) is 2.63. The third-order valence-corrected chi connectivity index (χ3v) is 3.61. The number of amides is 1. The summed E-state index contributed by atoms with van der Waals surface area (Å²) in [6.45, 7) is 6.46. The molecule has 110 valence electrons. The van der Waals surface area contributed by atoms with Gasteiger partial charge in [-0.25, -0.2) is 0 Å². The summed E-state index contributed by atoms with van der Waals surface area (Å²) in [6, 6.07) is 8.12. The molecule has 0 aromatic heterocycles. The molecule has 1 heterocycles. The van der Waals surface area contributed by atoms with E-state index in [1.54, 1.807) is 0 Å². The van der Waals surface area contributed by atoms with Crippen molar-refractivity contribution < 1.29 is 9.53 Å². The molecule has 1 aliphatic heterocycles. The third-order valence-electron chi connectivity index (χ3n) is 3.61. The van der Waals surface area contributed by atoms with Crippen LogP contribution < -0.4 is 15.0 Å². The first-order valence-corrected chi connectivity index (χ1v) is 7.51. The fourth-order valence-electron chi connectivity index (χ4n) is 2.43. The summed E-state index contributed by atoms with van der Waals surface area (Å²) in [6.07, 6.45) is 2.55. The number of hydrogen-bond acceptors (Lipinski definition) is 3. The Morgan fingerprint density at radius 1 is 1.35 bits per heavy atom. The molecule has 1 aromatic rings. The van der Waals surface area contributed by atoms with Crippen LogP contribution >= 0.6 is 0 Å². The van der Waals surface area contributed by atoms with Gasteiger partial charge in [-0.3, -0.25) is 4.79 Å². The Morgan fingerprint density at radius 3 is 2.90 bits per heavy atom. The molecule has 1 unspecified atom stereocenters. The van der Waals surface area contributed by atoms with Crippen LogP contribution in [-0.4, -0.2) is 31.6 Å². The molecule has 0 saturated carbocycles. The van der Waals surface area contributed by atoms with Crippen molar-refractivity contribution in [2.45, 2.75) is 39.2 Å². The first kappa shape index (κ1) is 14.9. The highest BCUT2D eigenvalue weighted by molar-refractivity contribution is 5.95. The van der Waals surface area contributed by atoms with Crippen LogP contribution in [0, 0.1) is 0 Å². The van der Waals surface area contributed by atoms with E-state index in [2.05, 4.69) is 19.2 Å². The van der Waals surface area contributed by atoms with Crippen molar-refractivity contribution in [1.29, 1.82) is 0 Å².